The van der Waals surface area contributed by atoms with Crippen LogP contribution in [0.2, 0.25) is 0 Å². The lowest BCUT2D eigenvalue weighted by atomic mass is 10.3. The fourth-order valence-electron chi connectivity index (χ4n) is 1.05. The molecule has 0 atom stereocenters. The molecule has 0 amide bonds. The summed E-state index contributed by atoms with van der Waals surface area (Å²) in [6, 6.07) is 11.6. The Hall–Kier alpha value is -1.10. The second kappa shape index (κ2) is 4.41. The molecule has 1 aromatic heterocycles. The maximum Gasteiger partial charge on any atom is 0.145 e. The Labute approximate surface area is 96.1 Å². The predicted octanol–water partition coefficient (Wildman–Crippen LogP) is 3.48. The highest BCUT2D eigenvalue weighted by atomic mass is 127. The van der Waals surface area contributed by atoms with Gasteiger partial charge in [-0.15, -0.1) is 0 Å². The summed E-state index contributed by atoms with van der Waals surface area (Å²) in [5.74, 6) is 1.59. The maximum atomic E-state index is 5.57. The topological polar surface area (TPSA) is 22.1 Å². The van der Waals surface area contributed by atoms with E-state index < -0.39 is 0 Å². The molecule has 0 saturated carbocycles. The molecule has 2 aromatic rings. The van der Waals surface area contributed by atoms with E-state index in [1.807, 2.05) is 36.4 Å². The van der Waals surface area contributed by atoms with Crippen LogP contribution in [0.5, 0.6) is 11.5 Å². The molecule has 70 valence electrons. The number of rotatable bonds is 2. The van der Waals surface area contributed by atoms with Crippen molar-refractivity contribution < 1.29 is 4.74 Å². The number of ether oxygens (including phenoxy) is 1. The average molecular weight is 297 g/mol. The molecule has 0 unspecified atom stereocenters. The van der Waals surface area contributed by atoms with Crippen molar-refractivity contribution in [3.05, 3.63) is 52.4 Å². The molecule has 0 spiro atoms. The van der Waals surface area contributed by atoms with E-state index in [-0.39, 0.29) is 0 Å². The third-order valence-corrected chi connectivity index (χ3v) is 2.40. The Bertz CT molecular complexity index is 399. The van der Waals surface area contributed by atoms with Gasteiger partial charge >= 0.3 is 0 Å². The van der Waals surface area contributed by atoms with Crippen LogP contribution in [-0.2, 0) is 0 Å². The number of pyridine rings is 1. The standard InChI is InChI=1S/C11H8INO/c12-9-3-5-10(6-4-9)14-11-2-1-7-13-8-11/h1-8H. The van der Waals surface area contributed by atoms with E-state index in [0.29, 0.717) is 0 Å². The van der Waals surface area contributed by atoms with Crippen molar-refractivity contribution in [1.29, 1.82) is 0 Å². The zero-order valence-electron chi connectivity index (χ0n) is 7.35. The first-order valence-electron chi connectivity index (χ1n) is 4.18. The van der Waals surface area contributed by atoms with E-state index in [0.717, 1.165) is 11.5 Å². The number of aromatic nitrogens is 1. The SMILES string of the molecule is Ic1ccc(Oc2cccnc2)cc1. The number of hydrogen-bond donors (Lipinski definition) is 0. The van der Waals surface area contributed by atoms with Gasteiger partial charge in [0.05, 0.1) is 6.20 Å². The molecule has 2 nitrogen and oxygen atoms in total. The molecule has 1 aromatic carbocycles. The van der Waals surface area contributed by atoms with Gasteiger partial charge in [0.15, 0.2) is 0 Å². The van der Waals surface area contributed by atoms with Crippen LogP contribution in [0.15, 0.2) is 48.8 Å². The number of nitrogens with zero attached hydrogens (tertiary/aromatic N) is 1. The van der Waals surface area contributed by atoms with Gasteiger partial charge in [-0.1, -0.05) is 0 Å². The second-order valence-electron chi connectivity index (χ2n) is 2.74. The average Bonchev–Trinajstić information content (AvgIpc) is 2.23. The third-order valence-electron chi connectivity index (χ3n) is 1.68. The first-order valence-corrected chi connectivity index (χ1v) is 5.26. The lowest BCUT2D eigenvalue weighted by molar-refractivity contribution is 0.480. The van der Waals surface area contributed by atoms with Gasteiger partial charge in [-0.05, 0) is 59.0 Å². The zero-order chi connectivity index (χ0) is 9.80. The predicted molar refractivity (Wildman–Crippen MR) is 63.5 cm³/mol. The van der Waals surface area contributed by atoms with E-state index in [4.69, 9.17) is 4.74 Å². The van der Waals surface area contributed by atoms with Crippen molar-refractivity contribution in [1.82, 2.24) is 4.98 Å². The van der Waals surface area contributed by atoms with Gasteiger partial charge in [-0.3, -0.25) is 4.98 Å². The van der Waals surface area contributed by atoms with Gasteiger partial charge in [0.25, 0.3) is 0 Å². The third kappa shape index (κ3) is 2.45. The van der Waals surface area contributed by atoms with Gasteiger partial charge in [-0.25, -0.2) is 0 Å². The summed E-state index contributed by atoms with van der Waals surface area (Å²) < 4.78 is 6.76. The van der Waals surface area contributed by atoms with Crippen LogP contribution in [0.1, 0.15) is 0 Å². The molecule has 3 heteroatoms. The molecule has 0 N–H and O–H groups in total. The van der Waals surface area contributed by atoms with Gasteiger partial charge in [0.2, 0.25) is 0 Å². The van der Waals surface area contributed by atoms with Crippen molar-refractivity contribution in [3.8, 4) is 11.5 Å². The smallest absolute Gasteiger partial charge is 0.145 e. The second-order valence-corrected chi connectivity index (χ2v) is 3.99. The highest BCUT2D eigenvalue weighted by Gasteiger charge is 1.95. The summed E-state index contributed by atoms with van der Waals surface area (Å²) in [6.45, 7) is 0. The highest BCUT2D eigenvalue weighted by Crippen LogP contribution is 2.20. The molecule has 0 aliphatic rings. The Morgan fingerprint density at radius 1 is 1.00 bits per heavy atom. The number of halogens is 1. The van der Waals surface area contributed by atoms with Crippen LogP contribution < -0.4 is 4.74 Å². The van der Waals surface area contributed by atoms with Crippen LogP contribution in [-0.4, -0.2) is 4.98 Å². The molecule has 1 heterocycles. The van der Waals surface area contributed by atoms with Crippen molar-refractivity contribution in [3.63, 3.8) is 0 Å². The normalized spacial score (nSPS) is 9.79. The largest absolute Gasteiger partial charge is 0.456 e. The van der Waals surface area contributed by atoms with Crippen molar-refractivity contribution in [2.45, 2.75) is 0 Å². The van der Waals surface area contributed by atoms with Crippen LogP contribution in [0.3, 0.4) is 0 Å². The van der Waals surface area contributed by atoms with Crippen molar-refractivity contribution >= 4 is 22.6 Å². The first kappa shape index (κ1) is 9.45. The van der Waals surface area contributed by atoms with Crippen LogP contribution in [0, 0.1) is 3.57 Å². The lowest BCUT2D eigenvalue weighted by Crippen LogP contribution is -1.84. The van der Waals surface area contributed by atoms with Crippen LogP contribution >= 0.6 is 22.6 Å². The van der Waals surface area contributed by atoms with E-state index in [2.05, 4.69) is 27.6 Å². The summed E-state index contributed by atoms with van der Waals surface area (Å²) in [5.41, 5.74) is 0. The van der Waals surface area contributed by atoms with E-state index >= 15 is 0 Å². The Kier molecular flexibility index (Phi) is 2.98. The maximum absolute atomic E-state index is 5.57. The van der Waals surface area contributed by atoms with Gasteiger partial charge in [0, 0.05) is 9.77 Å². The highest BCUT2D eigenvalue weighted by molar-refractivity contribution is 14.1. The fourth-order valence-corrected chi connectivity index (χ4v) is 1.41. The minimum Gasteiger partial charge on any atom is -0.456 e. The summed E-state index contributed by atoms with van der Waals surface area (Å²) in [4.78, 5) is 3.97. The minimum atomic E-state index is 0.758. The van der Waals surface area contributed by atoms with Gasteiger partial charge < -0.3 is 4.74 Å². The number of hydrogen-bond acceptors (Lipinski definition) is 2. The quantitative estimate of drug-likeness (QED) is 0.792. The van der Waals surface area contributed by atoms with Crippen molar-refractivity contribution in [2.75, 3.05) is 0 Å². The molecule has 14 heavy (non-hydrogen) atoms. The summed E-state index contributed by atoms with van der Waals surface area (Å²) in [7, 11) is 0. The minimum absolute atomic E-state index is 0.758. The molecule has 0 aliphatic heterocycles. The molecular weight excluding hydrogens is 289 g/mol. The summed E-state index contributed by atoms with van der Waals surface area (Å²) in [5, 5.41) is 0. The molecule has 0 bridgehead atoms. The van der Waals surface area contributed by atoms with Crippen LogP contribution in [0.4, 0.5) is 0 Å². The summed E-state index contributed by atoms with van der Waals surface area (Å²) in [6.07, 6.45) is 3.42. The van der Waals surface area contributed by atoms with E-state index in [1.165, 1.54) is 3.57 Å². The Balaban J connectivity index is 2.16. The van der Waals surface area contributed by atoms with Gasteiger partial charge in [0.1, 0.15) is 11.5 Å². The zero-order valence-corrected chi connectivity index (χ0v) is 9.51. The molecule has 0 radical (unpaired) electrons. The van der Waals surface area contributed by atoms with Crippen molar-refractivity contribution in [2.24, 2.45) is 0 Å². The summed E-state index contributed by atoms with van der Waals surface area (Å²) >= 11 is 2.26. The Morgan fingerprint density at radius 2 is 1.79 bits per heavy atom. The van der Waals surface area contributed by atoms with Gasteiger partial charge in [-0.2, -0.15) is 0 Å². The number of benzene rings is 1. The molecule has 0 saturated heterocycles. The van der Waals surface area contributed by atoms with E-state index in [9.17, 15) is 0 Å². The molecule has 2 rings (SSSR count). The molecular formula is C11H8INO. The monoisotopic (exact) mass is 297 g/mol. The Morgan fingerprint density at radius 3 is 2.43 bits per heavy atom. The van der Waals surface area contributed by atoms with Crippen LogP contribution in [0.25, 0.3) is 0 Å². The fraction of sp³-hybridized carbons (Fsp3) is 0. The molecule has 0 aliphatic carbocycles. The molecule has 0 fully saturated rings. The lowest BCUT2D eigenvalue weighted by Gasteiger charge is -2.03. The van der Waals surface area contributed by atoms with E-state index in [1.54, 1.807) is 12.4 Å². The first-order chi connectivity index (χ1) is 6.84.